The van der Waals surface area contributed by atoms with E-state index in [1.54, 1.807) is 22.2 Å². The molecule has 3 aliphatic rings. The molecule has 5 rings (SSSR count). The van der Waals surface area contributed by atoms with Crippen molar-refractivity contribution in [2.24, 2.45) is 5.92 Å². The van der Waals surface area contributed by atoms with E-state index in [9.17, 15) is 4.79 Å². The molecule has 2 aliphatic carbocycles. The Morgan fingerprint density at radius 1 is 1.18 bits per heavy atom. The van der Waals surface area contributed by atoms with Crippen LogP contribution in [0.3, 0.4) is 0 Å². The van der Waals surface area contributed by atoms with Crippen molar-refractivity contribution in [2.75, 3.05) is 30.8 Å². The molecule has 2 aromatic rings. The lowest BCUT2D eigenvalue weighted by Crippen LogP contribution is -2.56. The van der Waals surface area contributed by atoms with Crippen LogP contribution in [0, 0.1) is 18.3 Å². The number of amides is 1. The van der Waals surface area contributed by atoms with Crippen LogP contribution in [0.4, 0.5) is 10.6 Å². The number of hydrogen-bond donors (Lipinski definition) is 0. The van der Waals surface area contributed by atoms with Gasteiger partial charge in [-0.15, -0.1) is 12.3 Å². The second-order valence-electron chi connectivity index (χ2n) is 12.0. The minimum Gasteiger partial charge on any atom is -0.444 e. The third kappa shape index (κ3) is 5.38. The molecule has 0 bridgehead atoms. The zero-order valence-corrected chi connectivity index (χ0v) is 24.2. The highest BCUT2D eigenvalue weighted by Crippen LogP contribution is 2.43. The number of fused-ring (bicyclic) bond motifs is 2. The van der Waals surface area contributed by atoms with Crippen LogP contribution in [0.2, 0.25) is 0 Å². The summed E-state index contributed by atoms with van der Waals surface area (Å²) in [5.74, 6) is 4.78. The number of aryl methyl sites for hydroxylation is 1. The van der Waals surface area contributed by atoms with Crippen LogP contribution in [-0.4, -0.2) is 58.5 Å². The topological polar surface area (TPSA) is 58.6 Å². The summed E-state index contributed by atoms with van der Waals surface area (Å²) in [6.45, 7) is 9.97. The summed E-state index contributed by atoms with van der Waals surface area (Å²) in [7, 11) is 0. The van der Waals surface area contributed by atoms with Gasteiger partial charge in [0.25, 0.3) is 0 Å². The van der Waals surface area contributed by atoms with E-state index < -0.39 is 5.60 Å². The van der Waals surface area contributed by atoms with Gasteiger partial charge >= 0.3 is 6.09 Å². The van der Waals surface area contributed by atoms with Gasteiger partial charge in [-0.3, -0.25) is 0 Å². The second-order valence-corrected chi connectivity index (χ2v) is 12.7. The van der Waals surface area contributed by atoms with Gasteiger partial charge in [0.05, 0.1) is 11.7 Å². The summed E-state index contributed by atoms with van der Waals surface area (Å²) >= 11 is 1.59. The largest absolute Gasteiger partial charge is 0.444 e. The van der Waals surface area contributed by atoms with Gasteiger partial charge < -0.3 is 14.5 Å². The summed E-state index contributed by atoms with van der Waals surface area (Å²) in [4.78, 5) is 27.2. The lowest BCUT2D eigenvalue weighted by molar-refractivity contribution is 0.0145. The van der Waals surface area contributed by atoms with Crippen molar-refractivity contribution in [2.45, 2.75) is 88.9 Å². The van der Waals surface area contributed by atoms with Crippen LogP contribution in [0.5, 0.6) is 0 Å². The van der Waals surface area contributed by atoms with Crippen molar-refractivity contribution in [3.05, 3.63) is 46.1 Å². The number of aromatic nitrogens is 2. The molecule has 0 N–H and O–H groups in total. The highest BCUT2D eigenvalue weighted by Gasteiger charge is 2.37. The van der Waals surface area contributed by atoms with Crippen LogP contribution in [0.15, 0.2) is 23.4 Å². The third-order valence-electron chi connectivity index (χ3n) is 8.20. The maximum atomic E-state index is 13.0. The first kappa shape index (κ1) is 26.9. The molecule has 38 heavy (non-hydrogen) atoms. The van der Waals surface area contributed by atoms with Gasteiger partial charge in [-0.05, 0) is 87.7 Å². The van der Waals surface area contributed by atoms with E-state index in [0.717, 1.165) is 23.8 Å². The van der Waals surface area contributed by atoms with Gasteiger partial charge in [-0.1, -0.05) is 36.9 Å². The Morgan fingerprint density at radius 2 is 2.00 bits per heavy atom. The number of carbonyl (C=O) groups excluding carboxylic acids is 1. The van der Waals surface area contributed by atoms with Crippen molar-refractivity contribution in [1.82, 2.24) is 14.9 Å². The number of anilines is 1. The number of benzene rings is 1. The molecule has 1 aliphatic heterocycles. The van der Waals surface area contributed by atoms with E-state index in [1.165, 1.54) is 41.6 Å². The lowest BCUT2D eigenvalue weighted by Gasteiger charge is -2.43. The van der Waals surface area contributed by atoms with E-state index in [2.05, 4.69) is 35.9 Å². The average Bonchev–Trinajstić information content (AvgIpc) is 3.36. The van der Waals surface area contributed by atoms with Crippen LogP contribution in [0.1, 0.15) is 74.4 Å². The fourth-order valence-corrected chi connectivity index (χ4v) is 6.81. The smallest absolute Gasteiger partial charge is 0.410 e. The molecule has 1 fully saturated rings. The minimum absolute atomic E-state index is 0.118. The predicted molar refractivity (Wildman–Crippen MR) is 154 cm³/mol. The number of thioether (sulfide) groups is 1. The molecule has 7 heteroatoms. The fourth-order valence-electron chi connectivity index (χ4n) is 6.43. The Balaban J connectivity index is 1.44. The Bertz CT molecular complexity index is 1250. The van der Waals surface area contributed by atoms with Gasteiger partial charge in [0, 0.05) is 31.6 Å². The first-order valence-electron chi connectivity index (χ1n) is 13.9. The number of nitrogens with zero attached hydrogens (tertiary/aromatic N) is 4. The molecule has 1 saturated heterocycles. The van der Waals surface area contributed by atoms with E-state index >= 15 is 0 Å². The molecule has 0 saturated carbocycles. The fraction of sp³-hybridized carbons (Fsp3) is 0.581. The van der Waals surface area contributed by atoms with E-state index in [1.807, 2.05) is 27.0 Å². The van der Waals surface area contributed by atoms with E-state index in [-0.39, 0.29) is 12.1 Å². The molecular weight excluding hydrogens is 492 g/mol. The Morgan fingerprint density at radius 3 is 2.74 bits per heavy atom. The number of terminal acetylenes is 1. The maximum Gasteiger partial charge on any atom is 0.410 e. The zero-order chi connectivity index (χ0) is 27.0. The predicted octanol–water partition coefficient (Wildman–Crippen LogP) is 5.65. The quantitative estimate of drug-likeness (QED) is 0.288. The molecule has 1 aromatic carbocycles. The van der Waals surface area contributed by atoms with Gasteiger partial charge in [-0.2, -0.15) is 0 Å². The number of piperazine rings is 1. The maximum absolute atomic E-state index is 13.0. The van der Waals surface area contributed by atoms with Crippen molar-refractivity contribution in [3.63, 3.8) is 0 Å². The number of carbonyl (C=O) groups is 1. The molecule has 6 nitrogen and oxygen atoms in total. The summed E-state index contributed by atoms with van der Waals surface area (Å²) in [6.07, 6.45) is 13.5. The van der Waals surface area contributed by atoms with E-state index in [4.69, 9.17) is 21.1 Å². The Hall–Kier alpha value is -2.72. The number of hydrogen-bond acceptors (Lipinski definition) is 6. The molecule has 0 radical (unpaired) electrons. The van der Waals surface area contributed by atoms with Gasteiger partial charge in [-0.25, -0.2) is 14.8 Å². The summed E-state index contributed by atoms with van der Waals surface area (Å²) in [5, 5.41) is 0.813. The first-order chi connectivity index (χ1) is 18.2. The first-order valence-corrected chi connectivity index (χ1v) is 15.1. The summed E-state index contributed by atoms with van der Waals surface area (Å²) in [5.41, 5.74) is 6.56. The standard InChI is InChI=1S/C31H40N4O2S/c1-7-10-22-19-34(15-16-35(22)30(36)37-31(3,4)5)28-26-17-20(2)25(18-27(26)32-29(33-28)38-6)24-14-9-12-21-11-8-13-23(21)24/h1,9,12,14,20,22,25H,8,10-11,13,15-19H2,2-6H3. The Kier molecular flexibility index (Phi) is 7.64. The number of rotatable bonds is 4. The van der Waals surface area contributed by atoms with Crippen molar-refractivity contribution in [1.29, 1.82) is 0 Å². The van der Waals surface area contributed by atoms with Crippen LogP contribution < -0.4 is 4.90 Å². The monoisotopic (exact) mass is 532 g/mol. The third-order valence-corrected chi connectivity index (χ3v) is 8.75. The molecule has 3 atom stereocenters. The molecule has 0 spiro atoms. The normalized spacial score (nSPS) is 23.0. The SMILES string of the molecule is C#CCC1CN(c2nc(SC)nc3c2CC(C)C(c2cccc4c2CCC4)C3)CCN1C(=O)OC(C)(C)C. The lowest BCUT2D eigenvalue weighted by atomic mass is 9.73. The molecular formula is C31H40N4O2S. The van der Waals surface area contributed by atoms with Gasteiger partial charge in [0.15, 0.2) is 5.16 Å². The second kappa shape index (κ2) is 10.8. The molecule has 2 heterocycles. The van der Waals surface area contributed by atoms with Crippen LogP contribution in [0.25, 0.3) is 0 Å². The highest BCUT2D eigenvalue weighted by molar-refractivity contribution is 7.98. The van der Waals surface area contributed by atoms with Crippen LogP contribution in [-0.2, 0) is 30.4 Å². The highest BCUT2D eigenvalue weighted by atomic mass is 32.2. The van der Waals surface area contributed by atoms with Gasteiger partial charge in [0.2, 0.25) is 0 Å². The van der Waals surface area contributed by atoms with Crippen LogP contribution >= 0.6 is 11.8 Å². The summed E-state index contributed by atoms with van der Waals surface area (Å²) < 4.78 is 5.69. The van der Waals surface area contributed by atoms with Crippen molar-refractivity contribution in [3.8, 4) is 12.3 Å². The molecule has 1 aromatic heterocycles. The molecule has 202 valence electrons. The zero-order valence-electron chi connectivity index (χ0n) is 23.4. The van der Waals surface area contributed by atoms with Crippen molar-refractivity contribution < 1.29 is 9.53 Å². The minimum atomic E-state index is -0.542. The number of ether oxygens (including phenoxy) is 1. The molecule has 3 unspecified atom stereocenters. The molecule has 1 amide bonds. The van der Waals surface area contributed by atoms with E-state index in [0.29, 0.717) is 37.9 Å². The van der Waals surface area contributed by atoms with Gasteiger partial charge in [0.1, 0.15) is 11.4 Å². The van der Waals surface area contributed by atoms with Crippen molar-refractivity contribution >= 4 is 23.7 Å². The average molecular weight is 533 g/mol. The summed E-state index contributed by atoms with van der Waals surface area (Å²) in [6, 6.07) is 6.79. The Labute approximate surface area is 231 Å².